The van der Waals surface area contributed by atoms with Crippen LogP contribution in [0.3, 0.4) is 0 Å². The van der Waals surface area contributed by atoms with Crippen molar-refractivity contribution in [1.82, 2.24) is 10.3 Å². The molecule has 0 aliphatic rings. The minimum atomic E-state index is 0.0138. The average molecular weight is 305 g/mol. The number of ether oxygens (including phenoxy) is 1. The number of rotatable bonds is 7. The minimum absolute atomic E-state index is 0.0138. The van der Waals surface area contributed by atoms with Crippen molar-refractivity contribution in [3.8, 4) is 5.75 Å². The number of methoxy groups -OCH3 is 1. The number of thiazole rings is 1. The summed E-state index contributed by atoms with van der Waals surface area (Å²) in [5.74, 6) is 0.836. The molecule has 0 bridgehead atoms. The number of carbonyl (C=O) groups is 1. The van der Waals surface area contributed by atoms with Crippen molar-refractivity contribution in [2.75, 3.05) is 19.5 Å². The van der Waals surface area contributed by atoms with Crippen LogP contribution >= 0.6 is 11.3 Å². The summed E-state index contributed by atoms with van der Waals surface area (Å²) in [5, 5.41) is 8.65. The molecule has 5 nitrogen and oxygen atoms in total. The van der Waals surface area contributed by atoms with Gasteiger partial charge >= 0.3 is 0 Å². The third kappa shape index (κ3) is 4.46. The zero-order chi connectivity index (χ0) is 15.1. The van der Waals surface area contributed by atoms with Gasteiger partial charge in [-0.2, -0.15) is 0 Å². The van der Waals surface area contributed by atoms with Crippen LogP contribution in [0.1, 0.15) is 17.7 Å². The van der Waals surface area contributed by atoms with Gasteiger partial charge in [0.15, 0.2) is 5.13 Å². The SMILES string of the molecule is CNc1nc(CNC(=O)CCc2ccccc2OC)cs1. The van der Waals surface area contributed by atoms with Gasteiger partial charge in [0.05, 0.1) is 19.3 Å². The number of carbonyl (C=O) groups excluding carboxylic acids is 1. The maximum Gasteiger partial charge on any atom is 0.220 e. The van der Waals surface area contributed by atoms with Crippen LogP contribution in [0.4, 0.5) is 5.13 Å². The molecule has 6 heteroatoms. The monoisotopic (exact) mass is 305 g/mol. The molecule has 2 rings (SSSR count). The Bertz CT molecular complexity index is 598. The summed E-state index contributed by atoms with van der Waals surface area (Å²) < 4.78 is 5.27. The Labute approximate surface area is 128 Å². The molecule has 0 unspecified atom stereocenters. The number of para-hydroxylation sites is 1. The zero-order valence-electron chi connectivity index (χ0n) is 12.2. The molecule has 0 aliphatic heterocycles. The van der Waals surface area contributed by atoms with E-state index in [0.29, 0.717) is 19.4 Å². The number of aromatic nitrogens is 1. The highest BCUT2D eigenvalue weighted by Gasteiger charge is 2.07. The second-order valence-corrected chi connectivity index (χ2v) is 5.34. The van der Waals surface area contributed by atoms with Gasteiger partial charge in [-0.05, 0) is 18.1 Å². The van der Waals surface area contributed by atoms with Crippen molar-refractivity contribution >= 4 is 22.4 Å². The summed E-state index contributed by atoms with van der Waals surface area (Å²) in [4.78, 5) is 16.2. The van der Waals surface area contributed by atoms with Crippen molar-refractivity contribution < 1.29 is 9.53 Å². The van der Waals surface area contributed by atoms with Gasteiger partial charge in [-0.3, -0.25) is 4.79 Å². The maximum atomic E-state index is 11.9. The molecule has 21 heavy (non-hydrogen) atoms. The predicted octanol–water partition coefficient (Wildman–Crippen LogP) is 2.44. The fourth-order valence-electron chi connectivity index (χ4n) is 1.94. The molecule has 0 spiro atoms. The second-order valence-electron chi connectivity index (χ2n) is 4.48. The molecule has 2 aromatic rings. The lowest BCUT2D eigenvalue weighted by molar-refractivity contribution is -0.121. The molecule has 0 aliphatic carbocycles. The van der Waals surface area contributed by atoms with E-state index in [1.54, 1.807) is 7.11 Å². The number of nitrogens with zero attached hydrogens (tertiary/aromatic N) is 1. The number of aryl methyl sites for hydroxylation is 1. The van der Waals surface area contributed by atoms with Crippen molar-refractivity contribution in [2.45, 2.75) is 19.4 Å². The number of hydrogen-bond donors (Lipinski definition) is 2. The van der Waals surface area contributed by atoms with Crippen LogP contribution in [0.2, 0.25) is 0 Å². The first-order valence-corrected chi connectivity index (χ1v) is 7.61. The first-order valence-electron chi connectivity index (χ1n) is 6.73. The fourth-order valence-corrected chi connectivity index (χ4v) is 2.61. The van der Waals surface area contributed by atoms with E-state index >= 15 is 0 Å². The number of amides is 1. The molecule has 1 heterocycles. The van der Waals surface area contributed by atoms with E-state index < -0.39 is 0 Å². The van der Waals surface area contributed by atoms with Gasteiger partial charge in [0.2, 0.25) is 5.91 Å². The van der Waals surface area contributed by atoms with E-state index in [-0.39, 0.29) is 5.91 Å². The van der Waals surface area contributed by atoms with E-state index in [1.807, 2.05) is 36.7 Å². The third-order valence-corrected chi connectivity index (χ3v) is 3.95. The van der Waals surface area contributed by atoms with E-state index in [9.17, 15) is 4.79 Å². The van der Waals surface area contributed by atoms with E-state index in [2.05, 4.69) is 15.6 Å². The van der Waals surface area contributed by atoms with Gasteiger partial charge in [0.1, 0.15) is 5.75 Å². The normalized spacial score (nSPS) is 10.2. The van der Waals surface area contributed by atoms with Crippen LogP contribution in [0.25, 0.3) is 0 Å². The lowest BCUT2D eigenvalue weighted by Crippen LogP contribution is -2.23. The van der Waals surface area contributed by atoms with Crippen molar-refractivity contribution in [3.05, 3.63) is 40.9 Å². The molecule has 2 N–H and O–H groups in total. The van der Waals surface area contributed by atoms with Gasteiger partial charge in [-0.1, -0.05) is 18.2 Å². The fraction of sp³-hybridized carbons (Fsp3) is 0.333. The summed E-state index contributed by atoms with van der Waals surface area (Å²) in [6, 6.07) is 7.75. The predicted molar refractivity (Wildman–Crippen MR) is 84.8 cm³/mol. The topological polar surface area (TPSA) is 63.2 Å². The molecule has 0 radical (unpaired) electrons. The van der Waals surface area contributed by atoms with Crippen LogP contribution in [0.15, 0.2) is 29.6 Å². The quantitative estimate of drug-likeness (QED) is 0.825. The summed E-state index contributed by atoms with van der Waals surface area (Å²) >= 11 is 1.53. The molecule has 0 saturated carbocycles. The van der Waals surface area contributed by atoms with Crippen LogP contribution in [-0.4, -0.2) is 25.0 Å². The lowest BCUT2D eigenvalue weighted by atomic mass is 10.1. The van der Waals surface area contributed by atoms with Gasteiger partial charge in [-0.15, -0.1) is 11.3 Å². The minimum Gasteiger partial charge on any atom is -0.496 e. The highest BCUT2D eigenvalue weighted by Crippen LogP contribution is 2.18. The van der Waals surface area contributed by atoms with Crippen LogP contribution < -0.4 is 15.4 Å². The standard InChI is InChI=1S/C15H19N3O2S/c1-16-15-18-12(10-21-15)9-17-14(19)8-7-11-5-3-4-6-13(11)20-2/h3-6,10H,7-9H2,1-2H3,(H,16,18)(H,17,19). The summed E-state index contributed by atoms with van der Waals surface area (Å²) in [7, 11) is 3.47. The number of anilines is 1. The second kappa shape index (κ2) is 7.64. The Morgan fingerprint density at radius 2 is 2.19 bits per heavy atom. The zero-order valence-corrected chi connectivity index (χ0v) is 13.0. The molecule has 112 valence electrons. The summed E-state index contributed by atoms with van der Waals surface area (Å²) in [6.45, 7) is 0.461. The van der Waals surface area contributed by atoms with Crippen LogP contribution in [0.5, 0.6) is 5.75 Å². The maximum absolute atomic E-state index is 11.9. The van der Waals surface area contributed by atoms with Crippen molar-refractivity contribution in [3.63, 3.8) is 0 Å². The molecule has 1 aromatic carbocycles. The molecular formula is C15H19N3O2S. The Hall–Kier alpha value is -2.08. The van der Waals surface area contributed by atoms with Crippen molar-refractivity contribution in [1.29, 1.82) is 0 Å². The Kier molecular flexibility index (Phi) is 5.57. The van der Waals surface area contributed by atoms with Crippen molar-refractivity contribution in [2.24, 2.45) is 0 Å². The lowest BCUT2D eigenvalue weighted by Gasteiger charge is -2.08. The first-order chi connectivity index (χ1) is 10.2. The van der Waals surface area contributed by atoms with Gasteiger partial charge in [0.25, 0.3) is 0 Å². The smallest absolute Gasteiger partial charge is 0.220 e. The molecular weight excluding hydrogens is 286 g/mol. The highest BCUT2D eigenvalue weighted by molar-refractivity contribution is 7.13. The van der Waals surface area contributed by atoms with E-state index in [1.165, 1.54) is 11.3 Å². The molecule has 0 atom stereocenters. The van der Waals surface area contributed by atoms with E-state index in [0.717, 1.165) is 22.1 Å². The Morgan fingerprint density at radius 1 is 1.38 bits per heavy atom. The van der Waals surface area contributed by atoms with Gasteiger partial charge in [-0.25, -0.2) is 4.98 Å². The number of nitrogens with one attached hydrogen (secondary N) is 2. The third-order valence-electron chi connectivity index (χ3n) is 3.05. The summed E-state index contributed by atoms with van der Waals surface area (Å²) in [5.41, 5.74) is 1.91. The highest BCUT2D eigenvalue weighted by atomic mass is 32.1. The average Bonchev–Trinajstić information content (AvgIpc) is 2.99. The van der Waals surface area contributed by atoms with Crippen LogP contribution in [0, 0.1) is 0 Å². The summed E-state index contributed by atoms with van der Waals surface area (Å²) in [6.07, 6.45) is 1.10. The van der Waals surface area contributed by atoms with E-state index in [4.69, 9.17) is 4.74 Å². The number of benzene rings is 1. The van der Waals surface area contributed by atoms with Gasteiger partial charge in [0, 0.05) is 18.8 Å². The molecule has 0 saturated heterocycles. The first kappa shape index (κ1) is 15.3. The largest absolute Gasteiger partial charge is 0.496 e. The van der Waals surface area contributed by atoms with Crippen LogP contribution in [-0.2, 0) is 17.8 Å². The molecule has 1 aromatic heterocycles. The number of hydrogen-bond acceptors (Lipinski definition) is 5. The molecule has 0 fully saturated rings. The Morgan fingerprint density at radius 3 is 2.90 bits per heavy atom. The molecule has 1 amide bonds. The van der Waals surface area contributed by atoms with Gasteiger partial charge < -0.3 is 15.4 Å². The Balaban J connectivity index is 1.79.